The molecule has 29 heavy (non-hydrogen) atoms. The molecule has 150 valence electrons. The van der Waals surface area contributed by atoms with Gasteiger partial charge in [-0.25, -0.2) is 4.98 Å². The van der Waals surface area contributed by atoms with Gasteiger partial charge in [0.05, 0.1) is 12.1 Å². The van der Waals surface area contributed by atoms with Crippen molar-refractivity contribution in [3.8, 4) is 10.6 Å². The van der Waals surface area contributed by atoms with Crippen molar-refractivity contribution in [2.75, 3.05) is 13.1 Å². The molecule has 6 nitrogen and oxygen atoms in total. The van der Waals surface area contributed by atoms with Gasteiger partial charge in [-0.3, -0.25) is 9.59 Å². The van der Waals surface area contributed by atoms with Crippen molar-refractivity contribution in [1.82, 2.24) is 15.2 Å². The molecule has 0 bridgehead atoms. The minimum atomic E-state index is -0.196. The summed E-state index contributed by atoms with van der Waals surface area (Å²) in [6.07, 6.45) is 1.79. The average molecular weight is 410 g/mol. The predicted molar refractivity (Wildman–Crippen MR) is 112 cm³/mol. The van der Waals surface area contributed by atoms with Gasteiger partial charge in [0, 0.05) is 30.1 Å². The minimum absolute atomic E-state index is 0.0564. The third-order valence-corrected chi connectivity index (χ3v) is 5.99. The van der Waals surface area contributed by atoms with E-state index in [9.17, 15) is 9.59 Å². The molecule has 1 saturated heterocycles. The molecule has 3 heterocycles. The SMILES string of the molecule is Cc1ccc(C(=O)NC2CCN(C(=O)Cc3csc(-c4ccccc4)n3)CC2)o1. The van der Waals surface area contributed by atoms with Gasteiger partial charge in [-0.05, 0) is 31.9 Å². The molecule has 0 radical (unpaired) electrons. The Balaban J connectivity index is 1.27. The number of aromatic nitrogens is 1. The van der Waals surface area contributed by atoms with Crippen LogP contribution in [0.15, 0.2) is 52.3 Å². The Kier molecular flexibility index (Phi) is 5.76. The van der Waals surface area contributed by atoms with E-state index < -0.39 is 0 Å². The smallest absolute Gasteiger partial charge is 0.287 e. The van der Waals surface area contributed by atoms with Crippen molar-refractivity contribution in [2.24, 2.45) is 0 Å². The number of aryl methyl sites for hydroxylation is 1. The van der Waals surface area contributed by atoms with Crippen LogP contribution in [-0.4, -0.2) is 40.8 Å². The van der Waals surface area contributed by atoms with Crippen LogP contribution in [0.5, 0.6) is 0 Å². The van der Waals surface area contributed by atoms with E-state index in [0.717, 1.165) is 29.1 Å². The second-order valence-electron chi connectivity index (χ2n) is 7.23. The second kappa shape index (κ2) is 8.61. The van der Waals surface area contributed by atoms with Gasteiger partial charge in [0.1, 0.15) is 10.8 Å². The number of hydrogen-bond acceptors (Lipinski definition) is 5. The van der Waals surface area contributed by atoms with Gasteiger partial charge in [0.15, 0.2) is 5.76 Å². The highest BCUT2D eigenvalue weighted by Crippen LogP contribution is 2.24. The maximum absolute atomic E-state index is 12.7. The second-order valence-corrected chi connectivity index (χ2v) is 8.08. The molecule has 0 spiro atoms. The lowest BCUT2D eigenvalue weighted by Gasteiger charge is -2.32. The van der Waals surface area contributed by atoms with Crippen molar-refractivity contribution in [3.05, 3.63) is 65.1 Å². The monoisotopic (exact) mass is 409 g/mol. The van der Waals surface area contributed by atoms with E-state index >= 15 is 0 Å². The number of hydrogen-bond donors (Lipinski definition) is 1. The van der Waals surface area contributed by atoms with Gasteiger partial charge in [-0.1, -0.05) is 30.3 Å². The molecule has 2 amide bonds. The van der Waals surface area contributed by atoms with Crippen LogP contribution in [0.1, 0.15) is 34.9 Å². The Morgan fingerprint density at radius 3 is 2.62 bits per heavy atom. The fourth-order valence-corrected chi connectivity index (χ4v) is 4.28. The molecule has 1 aromatic carbocycles. The first kappa shape index (κ1) is 19.4. The molecule has 1 N–H and O–H groups in total. The Morgan fingerprint density at radius 2 is 1.93 bits per heavy atom. The molecule has 2 aromatic heterocycles. The standard InChI is InChI=1S/C22H23N3O3S/c1-15-7-8-19(28-15)21(27)23-17-9-11-25(12-10-17)20(26)13-18-14-29-22(24-18)16-5-3-2-4-6-16/h2-8,14,17H,9-13H2,1H3,(H,23,27). The van der Waals surface area contributed by atoms with Gasteiger partial charge in [-0.2, -0.15) is 0 Å². The van der Waals surface area contributed by atoms with Crippen molar-refractivity contribution in [1.29, 1.82) is 0 Å². The van der Waals surface area contributed by atoms with Crippen molar-refractivity contribution >= 4 is 23.2 Å². The molecule has 3 aromatic rings. The number of likely N-dealkylation sites (tertiary alicyclic amines) is 1. The van der Waals surface area contributed by atoms with Crippen LogP contribution < -0.4 is 5.32 Å². The summed E-state index contributed by atoms with van der Waals surface area (Å²) < 4.78 is 5.36. The number of amides is 2. The van der Waals surface area contributed by atoms with Crippen molar-refractivity contribution < 1.29 is 14.0 Å². The molecule has 7 heteroatoms. The molecular formula is C22H23N3O3S. The highest BCUT2D eigenvalue weighted by molar-refractivity contribution is 7.13. The molecule has 1 aliphatic rings. The van der Waals surface area contributed by atoms with E-state index in [0.29, 0.717) is 31.0 Å². The largest absolute Gasteiger partial charge is 0.456 e. The summed E-state index contributed by atoms with van der Waals surface area (Å²) in [5.41, 5.74) is 1.88. The fourth-order valence-electron chi connectivity index (χ4n) is 3.45. The number of benzene rings is 1. The predicted octanol–water partition coefficient (Wildman–Crippen LogP) is 3.68. The lowest BCUT2D eigenvalue weighted by Crippen LogP contribution is -2.46. The number of furan rings is 1. The summed E-state index contributed by atoms with van der Waals surface area (Å²) in [6, 6.07) is 13.5. The molecular weight excluding hydrogens is 386 g/mol. The van der Waals surface area contributed by atoms with E-state index in [1.807, 2.05) is 47.5 Å². The van der Waals surface area contributed by atoms with E-state index in [1.54, 1.807) is 23.5 Å². The third-order valence-electron chi connectivity index (χ3n) is 5.05. The number of carbonyl (C=O) groups is 2. The Hall–Kier alpha value is -2.93. The van der Waals surface area contributed by atoms with E-state index in [1.165, 1.54) is 0 Å². The maximum atomic E-state index is 12.7. The zero-order valence-corrected chi connectivity index (χ0v) is 17.1. The van der Waals surface area contributed by atoms with Gasteiger partial charge in [0.25, 0.3) is 5.91 Å². The summed E-state index contributed by atoms with van der Waals surface area (Å²) in [6.45, 7) is 3.08. The first-order valence-corrected chi connectivity index (χ1v) is 10.6. The van der Waals surface area contributed by atoms with Gasteiger partial charge in [-0.15, -0.1) is 11.3 Å². The van der Waals surface area contributed by atoms with Crippen LogP contribution in [0.4, 0.5) is 0 Å². The molecule has 1 aliphatic heterocycles. The molecule has 4 rings (SSSR count). The van der Waals surface area contributed by atoms with Crippen LogP contribution in [0, 0.1) is 6.92 Å². The van der Waals surface area contributed by atoms with Crippen molar-refractivity contribution in [3.63, 3.8) is 0 Å². The van der Waals surface area contributed by atoms with Gasteiger partial charge in [0.2, 0.25) is 5.91 Å². The van der Waals surface area contributed by atoms with Crippen LogP contribution in [0.25, 0.3) is 10.6 Å². The molecule has 0 saturated carbocycles. The summed E-state index contributed by atoms with van der Waals surface area (Å²) in [4.78, 5) is 31.3. The first-order valence-electron chi connectivity index (χ1n) is 9.73. The summed E-state index contributed by atoms with van der Waals surface area (Å²) in [5, 5.41) is 5.89. The molecule has 0 unspecified atom stereocenters. The number of nitrogens with one attached hydrogen (secondary N) is 1. The van der Waals surface area contributed by atoms with E-state index in [-0.39, 0.29) is 17.9 Å². The Morgan fingerprint density at radius 1 is 1.17 bits per heavy atom. The van der Waals surface area contributed by atoms with Crippen LogP contribution in [-0.2, 0) is 11.2 Å². The summed E-state index contributed by atoms with van der Waals surface area (Å²) in [7, 11) is 0. The van der Waals surface area contributed by atoms with Crippen LogP contribution in [0.3, 0.4) is 0 Å². The van der Waals surface area contributed by atoms with Gasteiger partial charge < -0.3 is 14.6 Å². The lowest BCUT2D eigenvalue weighted by atomic mass is 10.0. The Labute approximate surface area is 173 Å². The van der Waals surface area contributed by atoms with Crippen molar-refractivity contribution in [2.45, 2.75) is 32.2 Å². The number of carbonyl (C=O) groups excluding carboxylic acids is 2. The van der Waals surface area contributed by atoms with E-state index in [4.69, 9.17) is 4.42 Å². The first-order chi connectivity index (χ1) is 14.1. The number of thiazole rings is 1. The third kappa shape index (κ3) is 4.74. The topological polar surface area (TPSA) is 75.4 Å². The highest BCUT2D eigenvalue weighted by atomic mass is 32.1. The molecule has 0 aliphatic carbocycles. The highest BCUT2D eigenvalue weighted by Gasteiger charge is 2.25. The summed E-state index contributed by atoms with van der Waals surface area (Å²) in [5.74, 6) is 0.937. The maximum Gasteiger partial charge on any atom is 0.287 e. The van der Waals surface area contributed by atoms with Crippen LogP contribution in [0.2, 0.25) is 0 Å². The zero-order valence-electron chi connectivity index (χ0n) is 16.3. The normalized spacial score (nSPS) is 14.7. The fraction of sp³-hybridized carbons (Fsp3) is 0.318. The van der Waals surface area contributed by atoms with Gasteiger partial charge >= 0.3 is 0 Å². The minimum Gasteiger partial charge on any atom is -0.456 e. The number of nitrogens with zero attached hydrogens (tertiary/aromatic N) is 2. The molecule has 0 atom stereocenters. The average Bonchev–Trinajstić information content (AvgIpc) is 3.38. The lowest BCUT2D eigenvalue weighted by molar-refractivity contribution is -0.131. The zero-order chi connectivity index (χ0) is 20.2. The molecule has 1 fully saturated rings. The Bertz CT molecular complexity index is 988. The summed E-state index contributed by atoms with van der Waals surface area (Å²) >= 11 is 1.56. The number of rotatable bonds is 5. The quantitative estimate of drug-likeness (QED) is 0.698. The van der Waals surface area contributed by atoms with Crippen LogP contribution >= 0.6 is 11.3 Å². The van der Waals surface area contributed by atoms with E-state index in [2.05, 4.69) is 10.3 Å². The number of piperidine rings is 1.